The van der Waals surface area contributed by atoms with Crippen LogP contribution in [0.15, 0.2) is 55.0 Å². The van der Waals surface area contributed by atoms with Crippen LogP contribution in [0.3, 0.4) is 0 Å². The molecular formula is C15H12F2N4. The standard InChI is InChI=1S/C15H12F2N4/c16-12-5-4-11(9-13(12)17)10-19-14-3-1-6-18-15(14)21-8-2-7-20-21/h1-9,19H,10H2. The topological polar surface area (TPSA) is 42.7 Å². The van der Waals surface area contributed by atoms with Crippen molar-refractivity contribution >= 4 is 5.69 Å². The summed E-state index contributed by atoms with van der Waals surface area (Å²) in [5.41, 5.74) is 1.40. The van der Waals surface area contributed by atoms with Crippen LogP contribution in [0.2, 0.25) is 0 Å². The molecule has 0 atom stereocenters. The molecule has 21 heavy (non-hydrogen) atoms. The zero-order valence-corrected chi connectivity index (χ0v) is 11.0. The summed E-state index contributed by atoms with van der Waals surface area (Å²) in [6, 6.07) is 9.27. The number of halogens is 2. The Hall–Kier alpha value is -2.76. The van der Waals surface area contributed by atoms with E-state index < -0.39 is 11.6 Å². The van der Waals surface area contributed by atoms with E-state index in [1.54, 1.807) is 35.4 Å². The Kier molecular flexibility index (Phi) is 3.59. The summed E-state index contributed by atoms with van der Waals surface area (Å²) in [6.45, 7) is 0.358. The van der Waals surface area contributed by atoms with E-state index in [0.717, 1.165) is 11.8 Å². The van der Waals surface area contributed by atoms with Gasteiger partial charge >= 0.3 is 0 Å². The van der Waals surface area contributed by atoms with E-state index in [9.17, 15) is 8.78 Å². The molecule has 0 amide bonds. The molecule has 0 radical (unpaired) electrons. The second-order valence-electron chi connectivity index (χ2n) is 4.43. The molecule has 0 aliphatic heterocycles. The highest BCUT2D eigenvalue weighted by molar-refractivity contribution is 5.56. The Bertz CT molecular complexity index is 741. The van der Waals surface area contributed by atoms with E-state index in [4.69, 9.17) is 0 Å². The smallest absolute Gasteiger partial charge is 0.176 e. The Morgan fingerprint density at radius 3 is 2.71 bits per heavy atom. The number of nitrogens with one attached hydrogen (secondary N) is 1. The van der Waals surface area contributed by atoms with Gasteiger partial charge in [0.1, 0.15) is 0 Å². The summed E-state index contributed by atoms with van der Waals surface area (Å²) < 4.78 is 27.7. The molecule has 0 unspecified atom stereocenters. The van der Waals surface area contributed by atoms with Gasteiger partial charge in [-0.3, -0.25) is 0 Å². The number of rotatable bonds is 4. The van der Waals surface area contributed by atoms with E-state index in [-0.39, 0.29) is 0 Å². The molecule has 0 fully saturated rings. The SMILES string of the molecule is Fc1ccc(CNc2cccnc2-n2cccn2)cc1F. The maximum atomic E-state index is 13.2. The number of aromatic nitrogens is 3. The van der Waals surface area contributed by atoms with Gasteiger partial charge in [0.2, 0.25) is 0 Å². The first-order valence-electron chi connectivity index (χ1n) is 6.37. The van der Waals surface area contributed by atoms with Crippen molar-refractivity contribution in [1.82, 2.24) is 14.8 Å². The first kappa shape index (κ1) is 13.2. The van der Waals surface area contributed by atoms with E-state index in [1.165, 1.54) is 12.1 Å². The minimum absolute atomic E-state index is 0.358. The van der Waals surface area contributed by atoms with Gasteiger partial charge in [0.05, 0.1) is 5.69 Å². The van der Waals surface area contributed by atoms with Crippen molar-refractivity contribution < 1.29 is 8.78 Å². The lowest BCUT2D eigenvalue weighted by Crippen LogP contribution is -2.06. The average molecular weight is 286 g/mol. The monoisotopic (exact) mass is 286 g/mol. The maximum Gasteiger partial charge on any atom is 0.176 e. The molecule has 3 rings (SSSR count). The zero-order valence-electron chi connectivity index (χ0n) is 11.0. The van der Waals surface area contributed by atoms with Crippen LogP contribution in [0.5, 0.6) is 0 Å². The second kappa shape index (κ2) is 5.70. The Balaban J connectivity index is 1.81. The van der Waals surface area contributed by atoms with E-state index in [0.29, 0.717) is 17.9 Å². The third-order valence-corrected chi connectivity index (χ3v) is 2.98. The van der Waals surface area contributed by atoms with E-state index >= 15 is 0 Å². The molecule has 2 heterocycles. The fourth-order valence-corrected chi connectivity index (χ4v) is 1.96. The quantitative estimate of drug-likeness (QED) is 0.801. The van der Waals surface area contributed by atoms with Crippen molar-refractivity contribution in [2.75, 3.05) is 5.32 Å². The molecule has 1 aromatic carbocycles. The number of hydrogen-bond donors (Lipinski definition) is 1. The van der Waals surface area contributed by atoms with Crippen LogP contribution in [-0.2, 0) is 6.54 Å². The summed E-state index contributed by atoms with van der Waals surface area (Å²) in [7, 11) is 0. The van der Waals surface area contributed by atoms with Gasteiger partial charge < -0.3 is 5.32 Å². The largest absolute Gasteiger partial charge is 0.378 e. The highest BCUT2D eigenvalue weighted by atomic mass is 19.2. The van der Waals surface area contributed by atoms with Crippen molar-refractivity contribution in [3.8, 4) is 5.82 Å². The summed E-state index contributed by atoms with van der Waals surface area (Å²) in [4.78, 5) is 4.27. The zero-order chi connectivity index (χ0) is 14.7. The molecule has 0 aliphatic rings. The third kappa shape index (κ3) is 2.89. The first-order valence-corrected chi connectivity index (χ1v) is 6.37. The van der Waals surface area contributed by atoms with Crippen molar-refractivity contribution in [2.24, 2.45) is 0 Å². The summed E-state index contributed by atoms with van der Waals surface area (Å²) in [6.07, 6.45) is 5.11. The Morgan fingerprint density at radius 2 is 1.95 bits per heavy atom. The predicted molar refractivity (Wildman–Crippen MR) is 75.0 cm³/mol. The second-order valence-corrected chi connectivity index (χ2v) is 4.43. The Morgan fingerprint density at radius 1 is 1.05 bits per heavy atom. The Labute approximate surface area is 120 Å². The fraction of sp³-hybridized carbons (Fsp3) is 0.0667. The van der Waals surface area contributed by atoms with Crippen molar-refractivity contribution in [1.29, 1.82) is 0 Å². The predicted octanol–water partition coefficient (Wildman–Crippen LogP) is 3.16. The summed E-state index contributed by atoms with van der Waals surface area (Å²) >= 11 is 0. The molecule has 1 N–H and O–H groups in total. The molecule has 3 aromatic rings. The number of anilines is 1. The van der Waals surface area contributed by atoms with Gasteiger partial charge in [0.25, 0.3) is 0 Å². The highest BCUT2D eigenvalue weighted by Gasteiger charge is 2.07. The number of benzene rings is 1. The summed E-state index contributed by atoms with van der Waals surface area (Å²) in [5, 5.41) is 7.28. The van der Waals surface area contributed by atoms with Gasteiger partial charge in [-0.2, -0.15) is 5.10 Å². The van der Waals surface area contributed by atoms with E-state index in [2.05, 4.69) is 15.4 Å². The van der Waals surface area contributed by atoms with Gasteiger partial charge in [-0.1, -0.05) is 6.07 Å². The van der Waals surface area contributed by atoms with Gasteiger partial charge in [0.15, 0.2) is 17.5 Å². The molecule has 0 bridgehead atoms. The summed E-state index contributed by atoms with van der Waals surface area (Å²) in [5.74, 6) is -1.06. The molecular weight excluding hydrogens is 274 g/mol. The first-order chi connectivity index (χ1) is 10.2. The van der Waals surface area contributed by atoms with Crippen molar-refractivity contribution in [3.05, 3.63) is 72.2 Å². The lowest BCUT2D eigenvalue weighted by molar-refractivity contribution is 0.507. The lowest BCUT2D eigenvalue weighted by Gasteiger charge is -2.11. The normalized spacial score (nSPS) is 10.6. The fourth-order valence-electron chi connectivity index (χ4n) is 1.96. The van der Waals surface area contributed by atoms with Crippen LogP contribution in [0.1, 0.15) is 5.56 Å². The molecule has 4 nitrogen and oxygen atoms in total. The van der Waals surface area contributed by atoms with E-state index in [1.807, 2.05) is 6.07 Å². The van der Waals surface area contributed by atoms with Crippen LogP contribution in [-0.4, -0.2) is 14.8 Å². The van der Waals surface area contributed by atoms with Crippen LogP contribution in [0.25, 0.3) is 5.82 Å². The number of nitrogens with zero attached hydrogens (tertiary/aromatic N) is 3. The van der Waals surface area contributed by atoms with Crippen LogP contribution < -0.4 is 5.32 Å². The van der Waals surface area contributed by atoms with Crippen LogP contribution in [0, 0.1) is 11.6 Å². The molecule has 0 aliphatic carbocycles. The van der Waals surface area contributed by atoms with Crippen LogP contribution in [0.4, 0.5) is 14.5 Å². The minimum Gasteiger partial charge on any atom is -0.378 e. The van der Waals surface area contributed by atoms with Crippen LogP contribution >= 0.6 is 0 Å². The molecule has 0 spiro atoms. The van der Waals surface area contributed by atoms with Crippen molar-refractivity contribution in [2.45, 2.75) is 6.54 Å². The number of pyridine rings is 1. The molecule has 2 aromatic heterocycles. The highest BCUT2D eigenvalue weighted by Crippen LogP contribution is 2.17. The van der Waals surface area contributed by atoms with Gasteiger partial charge in [-0.15, -0.1) is 0 Å². The molecule has 6 heteroatoms. The van der Waals surface area contributed by atoms with Gasteiger partial charge in [-0.25, -0.2) is 18.4 Å². The third-order valence-electron chi connectivity index (χ3n) is 2.98. The average Bonchev–Trinajstić information content (AvgIpc) is 3.03. The minimum atomic E-state index is -0.854. The molecule has 0 saturated heterocycles. The number of hydrogen-bond acceptors (Lipinski definition) is 3. The molecule has 0 saturated carbocycles. The van der Waals surface area contributed by atoms with Crippen molar-refractivity contribution in [3.63, 3.8) is 0 Å². The van der Waals surface area contributed by atoms with Gasteiger partial charge in [0, 0.05) is 25.1 Å². The van der Waals surface area contributed by atoms with Gasteiger partial charge in [-0.05, 0) is 35.9 Å². The molecule has 106 valence electrons. The maximum absolute atomic E-state index is 13.2. The lowest BCUT2D eigenvalue weighted by atomic mass is 10.2.